The fourth-order valence-electron chi connectivity index (χ4n) is 5.97. The van der Waals surface area contributed by atoms with Crippen LogP contribution in [0.1, 0.15) is 20.8 Å². The van der Waals surface area contributed by atoms with Crippen LogP contribution in [0, 0.1) is 0 Å². The zero-order valence-electron chi connectivity index (χ0n) is 27.9. The third-order valence-corrected chi connectivity index (χ3v) is 8.64. The highest BCUT2D eigenvalue weighted by Crippen LogP contribution is 2.33. The molecule has 12 nitrogen and oxygen atoms in total. The van der Waals surface area contributed by atoms with Crippen molar-refractivity contribution in [3.8, 4) is 39.8 Å². The van der Waals surface area contributed by atoms with Gasteiger partial charge in [-0.25, -0.2) is 14.5 Å². The molecule has 1 aliphatic heterocycles. The summed E-state index contributed by atoms with van der Waals surface area (Å²) >= 11 is 0. The van der Waals surface area contributed by atoms with E-state index in [4.69, 9.17) is 24.3 Å². The monoisotopic (exact) mass is 669 g/mol. The lowest BCUT2D eigenvalue weighted by Crippen LogP contribution is -2.50. The van der Waals surface area contributed by atoms with Crippen molar-refractivity contribution in [2.45, 2.75) is 0 Å². The lowest BCUT2D eigenvalue weighted by molar-refractivity contribution is 0.0533. The number of ether oxygens (including phenoxy) is 3. The molecule has 0 unspecified atom stereocenters. The van der Waals surface area contributed by atoms with Gasteiger partial charge in [-0.15, -0.1) is 0 Å². The molecule has 3 aromatic heterocycles. The first kappa shape index (κ1) is 32.1. The second-order valence-electron chi connectivity index (χ2n) is 11.6. The van der Waals surface area contributed by atoms with E-state index in [1.807, 2.05) is 78.9 Å². The van der Waals surface area contributed by atoms with Crippen LogP contribution in [0.5, 0.6) is 17.2 Å². The average Bonchev–Trinajstić information content (AvgIpc) is 3.62. The Hall–Kier alpha value is -6.43. The molecule has 0 saturated carbocycles. The second-order valence-corrected chi connectivity index (χ2v) is 11.6. The number of anilines is 2. The highest BCUT2D eigenvalue weighted by atomic mass is 16.5. The Morgan fingerprint density at radius 2 is 1.42 bits per heavy atom. The molecule has 1 N–H and O–H groups in total. The highest BCUT2D eigenvalue weighted by molar-refractivity contribution is 6.00. The maximum absolute atomic E-state index is 14.0. The van der Waals surface area contributed by atoms with Gasteiger partial charge in [-0.1, -0.05) is 30.3 Å². The third kappa shape index (κ3) is 6.38. The average molecular weight is 670 g/mol. The number of fused-ring (bicyclic) bond motifs is 1. The molecule has 1 saturated heterocycles. The molecule has 3 aromatic carbocycles. The first-order valence-corrected chi connectivity index (χ1v) is 16.1. The number of aromatic nitrogens is 4. The number of rotatable bonds is 9. The normalized spacial score (nSPS) is 12.9. The minimum absolute atomic E-state index is 0.163. The highest BCUT2D eigenvalue weighted by Gasteiger charge is 2.28. The summed E-state index contributed by atoms with van der Waals surface area (Å²) in [7, 11) is 4.78. The molecular weight excluding hydrogens is 634 g/mol. The quantitative estimate of drug-likeness (QED) is 0.203. The van der Waals surface area contributed by atoms with Crippen LogP contribution < -0.4 is 19.5 Å². The van der Waals surface area contributed by atoms with E-state index in [-0.39, 0.29) is 17.5 Å². The number of methoxy groups -OCH3 is 3. The lowest BCUT2D eigenvalue weighted by Gasteiger charge is -2.35. The largest absolute Gasteiger partial charge is 0.497 e. The maximum Gasteiger partial charge on any atom is 0.272 e. The summed E-state index contributed by atoms with van der Waals surface area (Å²) in [6, 6.07) is 29.9. The van der Waals surface area contributed by atoms with Crippen LogP contribution in [0.25, 0.3) is 28.2 Å². The summed E-state index contributed by atoms with van der Waals surface area (Å²) in [5.41, 5.74) is 5.14. The number of piperazine rings is 1. The van der Waals surface area contributed by atoms with Gasteiger partial charge in [0.15, 0.2) is 17.1 Å². The molecule has 6 aromatic rings. The van der Waals surface area contributed by atoms with Crippen molar-refractivity contribution in [1.82, 2.24) is 29.4 Å². The fourth-order valence-corrected chi connectivity index (χ4v) is 5.97. The topological polar surface area (TPSA) is 123 Å². The predicted molar refractivity (Wildman–Crippen MR) is 189 cm³/mol. The van der Waals surface area contributed by atoms with Crippen molar-refractivity contribution in [2.75, 3.05) is 52.8 Å². The van der Waals surface area contributed by atoms with Gasteiger partial charge in [0, 0.05) is 55.3 Å². The molecule has 1 fully saturated rings. The molecular formula is C38H35N7O5. The molecule has 252 valence electrons. The van der Waals surface area contributed by atoms with E-state index in [1.54, 1.807) is 60.0 Å². The van der Waals surface area contributed by atoms with Crippen LogP contribution >= 0.6 is 0 Å². The van der Waals surface area contributed by atoms with Gasteiger partial charge in [0.2, 0.25) is 0 Å². The third-order valence-electron chi connectivity index (χ3n) is 8.64. The maximum atomic E-state index is 14.0. The molecule has 0 aliphatic carbocycles. The minimum Gasteiger partial charge on any atom is -0.497 e. The summed E-state index contributed by atoms with van der Waals surface area (Å²) in [5, 5.41) is 8.11. The van der Waals surface area contributed by atoms with Gasteiger partial charge in [0.25, 0.3) is 11.8 Å². The van der Waals surface area contributed by atoms with Crippen molar-refractivity contribution >= 4 is 29.0 Å². The Morgan fingerprint density at radius 3 is 2.12 bits per heavy atom. The first-order chi connectivity index (χ1) is 24.4. The smallest absolute Gasteiger partial charge is 0.272 e. The first-order valence-electron chi connectivity index (χ1n) is 16.1. The van der Waals surface area contributed by atoms with E-state index >= 15 is 0 Å². The summed E-state index contributed by atoms with van der Waals surface area (Å²) in [6.45, 7) is 1.41. The lowest BCUT2D eigenvalue weighted by atomic mass is 10.1. The van der Waals surface area contributed by atoms with Gasteiger partial charge in [-0.05, 0) is 60.7 Å². The molecule has 4 heterocycles. The van der Waals surface area contributed by atoms with Gasteiger partial charge < -0.3 is 29.3 Å². The van der Waals surface area contributed by atoms with Crippen molar-refractivity contribution in [2.24, 2.45) is 0 Å². The van der Waals surface area contributed by atoms with E-state index < -0.39 is 0 Å². The number of carbonyl (C=O) groups excluding carboxylic acids is 2. The van der Waals surface area contributed by atoms with Crippen molar-refractivity contribution in [1.29, 1.82) is 0 Å². The number of nitrogens with zero attached hydrogens (tertiary/aromatic N) is 6. The Morgan fingerprint density at radius 1 is 0.700 bits per heavy atom. The van der Waals surface area contributed by atoms with Crippen LogP contribution in [-0.2, 0) is 0 Å². The summed E-state index contributed by atoms with van der Waals surface area (Å²) in [5.74, 6) is 1.93. The molecule has 0 spiro atoms. The Balaban J connectivity index is 1.13. The minimum atomic E-state index is -0.230. The second kappa shape index (κ2) is 14.0. The Labute approximate surface area is 288 Å². The van der Waals surface area contributed by atoms with Gasteiger partial charge >= 0.3 is 0 Å². The van der Waals surface area contributed by atoms with Crippen LogP contribution in [-0.4, -0.2) is 88.7 Å². The molecule has 1 aliphatic rings. The van der Waals surface area contributed by atoms with Crippen molar-refractivity contribution in [3.05, 3.63) is 115 Å². The van der Waals surface area contributed by atoms with E-state index in [1.165, 1.54) is 0 Å². The van der Waals surface area contributed by atoms with Crippen LogP contribution in [0.3, 0.4) is 0 Å². The van der Waals surface area contributed by atoms with Crippen molar-refractivity contribution < 1.29 is 23.8 Å². The molecule has 0 bridgehead atoms. The molecule has 12 heteroatoms. The van der Waals surface area contributed by atoms with E-state index in [2.05, 4.69) is 10.3 Å². The fraction of sp³-hybridized carbons (Fsp3) is 0.184. The summed E-state index contributed by atoms with van der Waals surface area (Å²) in [6.07, 6.45) is 1.64. The number of benzene rings is 3. The summed E-state index contributed by atoms with van der Waals surface area (Å²) < 4.78 is 18.0. The van der Waals surface area contributed by atoms with E-state index in [9.17, 15) is 9.59 Å². The van der Waals surface area contributed by atoms with Gasteiger partial charge in [0.05, 0.1) is 38.3 Å². The summed E-state index contributed by atoms with van der Waals surface area (Å²) in [4.78, 5) is 40.4. The van der Waals surface area contributed by atoms with E-state index in [0.29, 0.717) is 60.4 Å². The molecule has 50 heavy (non-hydrogen) atoms. The van der Waals surface area contributed by atoms with Crippen molar-refractivity contribution in [3.63, 3.8) is 0 Å². The zero-order valence-corrected chi connectivity index (χ0v) is 27.9. The number of hydrogen-bond donors (Lipinski definition) is 1. The SMILES string of the molecule is COc1ccc(Nc2ncccc2C(=O)N2CCN(C(=O)c3cc(-c4ccc(OC)c(OC)c4)n4nc(-c5ccccc5)cc4n3)CC2)cc1. The van der Waals surface area contributed by atoms with Gasteiger partial charge in [-0.2, -0.15) is 5.10 Å². The molecule has 2 amide bonds. The zero-order chi connectivity index (χ0) is 34.6. The standard InChI is InChI=1S/C38H35N7O5/c1-48-28-14-12-27(13-15-28)40-36-29(10-7-17-39-36)37(46)43-18-20-44(21-19-43)38(47)31-23-32(26-11-16-33(49-2)34(22-26)50-3)45-35(41-31)24-30(42-45)25-8-5-4-6-9-25/h4-17,22-24H,18-21H2,1-3H3,(H,39,40). The number of nitrogens with one attached hydrogen (secondary N) is 1. The number of carbonyl (C=O) groups is 2. The number of hydrogen-bond acceptors (Lipinski definition) is 9. The van der Waals surface area contributed by atoms with Crippen LogP contribution in [0.2, 0.25) is 0 Å². The Bertz CT molecular complexity index is 2160. The van der Waals surface area contributed by atoms with E-state index in [0.717, 1.165) is 28.3 Å². The van der Waals surface area contributed by atoms with Gasteiger partial charge in [0.1, 0.15) is 17.3 Å². The molecule has 0 radical (unpaired) electrons. The van der Waals surface area contributed by atoms with Gasteiger partial charge in [-0.3, -0.25) is 9.59 Å². The van der Waals surface area contributed by atoms with Crippen LogP contribution in [0.15, 0.2) is 103 Å². The van der Waals surface area contributed by atoms with Crippen LogP contribution in [0.4, 0.5) is 11.5 Å². The predicted octanol–water partition coefficient (Wildman–Crippen LogP) is 5.83. The Kier molecular flexibility index (Phi) is 8.98. The molecule has 7 rings (SSSR count). The number of amides is 2. The molecule has 0 atom stereocenters. The number of pyridine rings is 1.